The monoisotopic (exact) mass is 407 g/mol. The Morgan fingerprint density at radius 1 is 1.30 bits per heavy atom. The topological polar surface area (TPSA) is 106 Å². The van der Waals surface area contributed by atoms with Gasteiger partial charge in [0.1, 0.15) is 17.3 Å². The summed E-state index contributed by atoms with van der Waals surface area (Å²) < 4.78 is 29.6. The minimum absolute atomic E-state index is 0.0307. The lowest BCUT2D eigenvalue weighted by atomic mass is 10.1. The van der Waals surface area contributed by atoms with Crippen molar-refractivity contribution in [1.29, 1.82) is 0 Å². The van der Waals surface area contributed by atoms with Crippen molar-refractivity contribution in [3.8, 4) is 0 Å². The molecular weight excluding hydrogens is 390 g/mol. The molecule has 2 aromatic rings. The molecule has 1 aromatic heterocycles. The molecule has 10 heteroatoms. The first-order valence-electron chi connectivity index (χ1n) is 8.53. The number of thiazole rings is 1. The maximum absolute atomic E-state index is 12.3. The van der Waals surface area contributed by atoms with E-state index in [-0.39, 0.29) is 42.6 Å². The van der Waals surface area contributed by atoms with Gasteiger partial charge in [-0.1, -0.05) is 12.1 Å². The van der Waals surface area contributed by atoms with Crippen LogP contribution in [0.1, 0.15) is 24.3 Å². The molecule has 0 unspecified atom stereocenters. The summed E-state index contributed by atoms with van der Waals surface area (Å²) in [5, 5.41) is 5.94. The predicted molar refractivity (Wildman–Crippen MR) is 100.0 cm³/mol. The number of benzene rings is 1. The number of esters is 1. The van der Waals surface area contributed by atoms with Crippen LogP contribution in [0.25, 0.3) is 10.2 Å². The SMILES string of the molecule is O=C(OCc1nc2ccccc2s1)C1=NN([C@H]2CCS(=O)(=O)C2)C(=O)CC1. The van der Waals surface area contributed by atoms with E-state index in [0.29, 0.717) is 11.4 Å². The number of hydrazone groups is 1. The average molecular weight is 407 g/mol. The lowest BCUT2D eigenvalue weighted by Gasteiger charge is -2.27. The number of para-hydroxylation sites is 1. The fourth-order valence-corrected chi connectivity index (χ4v) is 5.74. The van der Waals surface area contributed by atoms with Crippen LogP contribution in [0.2, 0.25) is 0 Å². The molecule has 142 valence electrons. The van der Waals surface area contributed by atoms with Crippen molar-refractivity contribution < 1.29 is 22.7 Å². The Balaban J connectivity index is 1.44. The van der Waals surface area contributed by atoms with E-state index in [2.05, 4.69) is 10.1 Å². The van der Waals surface area contributed by atoms with E-state index in [9.17, 15) is 18.0 Å². The smallest absolute Gasteiger partial charge is 0.354 e. The van der Waals surface area contributed by atoms with Crippen molar-refractivity contribution in [2.24, 2.45) is 5.10 Å². The van der Waals surface area contributed by atoms with Crippen molar-refractivity contribution in [3.05, 3.63) is 29.3 Å². The van der Waals surface area contributed by atoms with E-state index < -0.39 is 21.8 Å². The Morgan fingerprint density at radius 2 is 2.11 bits per heavy atom. The number of fused-ring (bicyclic) bond motifs is 1. The Bertz CT molecular complexity index is 1010. The van der Waals surface area contributed by atoms with E-state index >= 15 is 0 Å². The zero-order chi connectivity index (χ0) is 19.0. The van der Waals surface area contributed by atoms with Crippen molar-refractivity contribution in [1.82, 2.24) is 9.99 Å². The Hall–Kier alpha value is -2.33. The summed E-state index contributed by atoms with van der Waals surface area (Å²) in [6, 6.07) is 7.14. The summed E-state index contributed by atoms with van der Waals surface area (Å²) in [6.07, 6.45) is 0.644. The van der Waals surface area contributed by atoms with Crippen molar-refractivity contribution in [3.63, 3.8) is 0 Å². The quantitative estimate of drug-likeness (QED) is 0.711. The van der Waals surface area contributed by atoms with Crippen molar-refractivity contribution >= 4 is 49.0 Å². The van der Waals surface area contributed by atoms with Crippen LogP contribution < -0.4 is 0 Å². The highest BCUT2D eigenvalue weighted by Gasteiger charge is 2.37. The van der Waals surface area contributed by atoms with Crippen LogP contribution in [0.4, 0.5) is 0 Å². The second-order valence-electron chi connectivity index (χ2n) is 6.49. The molecule has 1 aromatic carbocycles. The van der Waals surface area contributed by atoms with Gasteiger partial charge in [-0.3, -0.25) is 4.79 Å². The molecule has 2 aliphatic rings. The molecule has 1 amide bonds. The number of ether oxygens (including phenoxy) is 1. The number of hydrogen-bond donors (Lipinski definition) is 0. The highest BCUT2D eigenvalue weighted by atomic mass is 32.2. The Kier molecular flexibility index (Phi) is 4.68. The Labute approximate surface area is 159 Å². The second kappa shape index (κ2) is 7.01. The minimum Gasteiger partial charge on any atom is -0.454 e. The number of sulfone groups is 1. The zero-order valence-electron chi connectivity index (χ0n) is 14.3. The zero-order valence-corrected chi connectivity index (χ0v) is 16.0. The van der Waals surface area contributed by atoms with Crippen LogP contribution in [0, 0.1) is 0 Å². The first-order chi connectivity index (χ1) is 12.9. The number of amides is 1. The maximum Gasteiger partial charge on any atom is 0.354 e. The van der Waals surface area contributed by atoms with Gasteiger partial charge in [-0.2, -0.15) is 5.10 Å². The number of nitrogens with zero attached hydrogens (tertiary/aromatic N) is 3. The highest BCUT2D eigenvalue weighted by molar-refractivity contribution is 7.91. The molecule has 0 aliphatic carbocycles. The van der Waals surface area contributed by atoms with Gasteiger partial charge in [-0.15, -0.1) is 11.3 Å². The summed E-state index contributed by atoms with van der Waals surface area (Å²) in [4.78, 5) is 28.9. The van der Waals surface area contributed by atoms with Gasteiger partial charge in [-0.05, 0) is 18.6 Å². The van der Waals surface area contributed by atoms with Gasteiger partial charge in [0, 0.05) is 12.8 Å². The maximum atomic E-state index is 12.3. The fraction of sp³-hybridized carbons (Fsp3) is 0.412. The van der Waals surface area contributed by atoms with E-state index in [1.807, 2.05) is 24.3 Å². The molecule has 27 heavy (non-hydrogen) atoms. The standard InChI is InChI=1S/C17H17N3O5S2/c21-16-6-5-13(19-20(16)11-7-8-27(23,24)10-11)17(22)25-9-15-18-12-3-1-2-4-14(12)26-15/h1-4,11H,5-10H2/t11-/m0/s1. The summed E-state index contributed by atoms with van der Waals surface area (Å²) >= 11 is 1.45. The van der Waals surface area contributed by atoms with Gasteiger partial charge in [0.25, 0.3) is 0 Å². The van der Waals surface area contributed by atoms with Crippen LogP contribution >= 0.6 is 11.3 Å². The average Bonchev–Trinajstić information content (AvgIpc) is 3.22. The number of hydrogen-bond acceptors (Lipinski definition) is 8. The van der Waals surface area contributed by atoms with Crippen LogP contribution in [0.3, 0.4) is 0 Å². The summed E-state index contributed by atoms with van der Waals surface area (Å²) in [5.74, 6) is -0.947. The molecule has 1 fully saturated rings. The largest absolute Gasteiger partial charge is 0.454 e. The molecule has 0 spiro atoms. The minimum atomic E-state index is -3.15. The lowest BCUT2D eigenvalue weighted by molar-refractivity contribution is -0.138. The third kappa shape index (κ3) is 3.86. The molecule has 1 saturated heterocycles. The van der Waals surface area contributed by atoms with Gasteiger partial charge < -0.3 is 4.74 Å². The molecular formula is C17H17N3O5S2. The van der Waals surface area contributed by atoms with Crippen LogP contribution in [0.15, 0.2) is 29.4 Å². The molecule has 0 bridgehead atoms. The summed E-state index contributed by atoms with van der Waals surface area (Å²) in [6.45, 7) is 0.0307. The van der Waals surface area contributed by atoms with Crippen LogP contribution in [-0.4, -0.2) is 53.5 Å². The lowest BCUT2D eigenvalue weighted by Crippen LogP contribution is -2.42. The molecule has 2 aliphatic heterocycles. The number of carbonyl (C=O) groups is 2. The molecule has 3 heterocycles. The number of aromatic nitrogens is 1. The predicted octanol–water partition coefficient (Wildman–Crippen LogP) is 1.50. The van der Waals surface area contributed by atoms with Crippen molar-refractivity contribution in [2.75, 3.05) is 11.5 Å². The van der Waals surface area contributed by atoms with E-state index in [1.165, 1.54) is 11.3 Å². The van der Waals surface area contributed by atoms with E-state index in [1.54, 1.807) is 0 Å². The Morgan fingerprint density at radius 3 is 2.85 bits per heavy atom. The first kappa shape index (κ1) is 18.1. The van der Waals surface area contributed by atoms with Crippen LogP contribution in [0.5, 0.6) is 0 Å². The number of rotatable bonds is 4. The van der Waals surface area contributed by atoms with Gasteiger partial charge >= 0.3 is 5.97 Å². The summed E-state index contributed by atoms with van der Waals surface area (Å²) in [5.41, 5.74) is 0.989. The normalized spacial score (nSPS) is 22.1. The summed E-state index contributed by atoms with van der Waals surface area (Å²) in [7, 11) is -3.15. The molecule has 1 atom stereocenters. The first-order valence-corrected chi connectivity index (χ1v) is 11.2. The van der Waals surface area contributed by atoms with Crippen LogP contribution in [-0.2, 0) is 30.8 Å². The third-order valence-electron chi connectivity index (χ3n) is 4.51. The molecule has 8 nitrogen and oxygen atoms in total. The van der Waals surface area contributed by atoms with Gasteiger partial charge in [-0.25, -0.2) is 23.2 Å². The fourth-order valence-electron chi connectivity index (χ4n) is 3.16. The third-order valence-corrected chi connectivity index (χ3v) is 7.27. The van der Waals surface area contributed by atoms with Gasteiger partial charge in [0.2, 0.25) is 5.91 Å². The molecule has 4 rings (SSSR count). The molecule has 0 saturated carbocycles. The number of carbonyl (C=O) groups excluding carboxylic acids is 2. The van der Waals surface area contributed by atoms with Gasteiger partial charge in [0.15, 0.2) is 9.84 Å². The second-order valence-corrected chi connectivity index (χ2v) is 9.84. The van der Waals surface area contributed by atoms with E-state index in [4.69, 9.17) is 4.74 Å². The van der Waals surface area contributed by atoms with Gasteiger partial charge in [0.05, 0.1) is 27.8 Å². The van der Waals surface area contributed by atoms with E-state index in [0.717, 1.165) is 15.2 Å². The molecule has 0 N–H and O–H groups in total. The van der Waals surface area contributed by atoms with Crippen molar-refractivity contribution in [2.45, 2.75) is 31.9 Å². The highest BCUT2D eigenvalue weighted by Crippen LogP contribution is 2.24. The molecule has 0 radical (unpaired) electrons.